The molecule has 2 heterocycles. The van der Waals surface area contributed by atoms with E-state index < -0.39 is 0 Å². The van der Waals surface area contributed by atoms with E-state index in [1.165, 1.54) is 0 Å². The molecule has 0 saturated carbocycles. The zero-order chi connectivity index (χ0) is 7.84. The van der Waals surface area contributed by atoms with E-state index in [9.17, 15) is 4.79 Å². The minimum atomic E-state index is -0.193. The van der Waals surface area contributed by atoms with E-state index in [0.29, 0.717) is 10.1 Å². The molecule has 0 aliphatic rings. The molecule has 0 fully saturated rings. The second-order valence-corrected chi connectivity index (χ2v) is 2.92. The van der Waals surface area contributed by atoms with Gasteiger partial charge in [-0.25, -0.2) is 4.98 Å². The molecule has 0 saturated heterocycles. The predicted octanol–water partition coefficient (Wildman–Crippen LogP) is 1.01. The molecule has 56 valence electrons. The first-order valence-corrected chi connectivity index (χ1v) is 3.79. The summed E-state index contributed by atoms with van der Waals surface area (Å²) in [5.41, 5.74) is 0.957. The van der Waals surface area contributed by atoms with Gasteiger partial charge in [-0.1, -0.05) is 0 Å². The lowest BCUT2D eigenvalue weighted by Gasteiger charge is -1.86. The molecule has 5 heteroatoms. The van der Waals surface area contributed by atoms with Gasteiger partial charge in [-0.15, -0.1) is 0 Å². The second kappa shape index (κ2) is 2.20. The van der Waals surface area contributed by atoms with E-state index in [4.69, 9.17) is 0 Å². The monoisotopic (exact) mass is 213 g/mol. The first kappa shape index (κ1) is 6.60. The van der Waals surface area contributed by atoms with Crippen molar-refractivity contribution in [2.45, 2.75) is 0 Å². The van der Waals surface area contributed by atoms with Crippen LogP contribution < -0.4 is 5.56 Å². The Kier molecular flexibility index (Phi) is 1.32. The number of nitrogens with zero attached hydrogens (tertiary/aromatic N) is 1. The second-order valence-electron chi connectivity index (χ2n) is 2.11. The molecule has 11 heavy (non-hydrogen) atoms. The van der Waals surface area contributed by atoms with Crippen molar-refractivity contribution in [3.8, 4) is 0 Å². The van der Waals surface area contributed by atoms with Crippen LogP contribution in [0, 0.1) is 0 Å². The number of H-pyrrole nitrogens is 2. The van der Waals surface area contributed by atoms with Crippen LogP contribution >= 0.6 is 15.9 Å². The van der Waals surface area contributed by atoms with Crippen molar-refractivity contribution in [1.82, 2.24) is 15.2 Å². The van der Waals surface area contributed by atoms with Crippen LogP contribution in [0.4, 0.5) is 0 Å². The third-order valence-corrected chi connectivity index (χ3v) is 1.83. The molecule has 0 spiro atoms. The predicted molar refractivity (Wildman–Crippen MR) is 44.4 cm³/mol. The zero-order valence-corrected chi connectivity index (χ0v) is 6.97. The fourth-order valence-corrected chi connectivity index (χ4v) is 1.20. The van der Waals surface area contributed by atoms with Gasteiger partial charge in [0.2, 0.25) is 0 Å². The number of pyridine rings is 1. The Hall–Kier alpha value is -1.10. The number of hydrogen-bond acceptors (Lipinski definition) is 2. The third kappa shape index (κ3) is 0.970. The number of fused-ring (bicyclic) bond motifs is 1. The van der Waals surface area contributed by atoms with Crippen LogP contribution in [0.15, 0.2) is 21.5 Å². The SMILES string of the molecule is O=c1[nH][nH]c2ccc(Br)nc12. The summed E-state index contributed by atoms with van der Waals surface area (Å²) in [5, 5.41) is 5.13. The summed E-state index contributed by atoms with van der Waals surface area (Å²) in [6.07, 6.45) is 0. The van der Waals surface area contributed by atoms with Crippen LogP contribution in [-0.4, -0.2) is 15.2 Å². The normalized spacial score (nSPS) is 10.6. The summed E-state index contributed by atoms with van der Waals surface area (Å²) < 4.78 is 0.662. The average Bonchev–Trinajstić information content (AvgIpc) is 2.33. The van der Waals surface area contributed by atoms with Gasteiger partial charge in [-0.2, -0.15) is 0 Å². The lowest BCUT2D eigenvalue weighted by Crippen LogP contribution is -1.99. The Morgan fingerprint density at radius 1 is 1.36 bits per heavy atom. The van der Waals surface area contributed by atoms with Crippen LogP contribution in [0.3, 0.4) is 0 Å². The van der Waals surface area contributed by atoms with E-state index in [-0.39, 0.29) is 5.56 Å². The van der Waals surface area contributed by atoms with E-state index in [2.05, 4.69) is 31.1 Å². The highest BCUT2D eigenvalue weighted by molar-refractivity contribution is 9.10. The quantitative estimate of drug-likeness (QED) is 0.643. The maximum atomic E-state index is 11.0. The molecule has 0 aromatic carbocycles. The Bertz CT molecular complexity index is 444. The number of halogens is 1. The molecule has 0 aliphatic carbocycles. The van der Waals surface area contributed by atoms with E-state index in [0.717, 1.165) is 5.52 Å². The Morgan fingerprint density at radius 2 is 2.18 bits per heavy atom. The summed E-state index contributed by atoms with van der Waals surface area (Å²) in [7, 11) is 0. The lowest BCUT2D eigenvalue weighted by molar-refractivity contribution is 1.08. The van der Waals surface area contributed by atoms with Gasteiger partial charge in [-0.05, 0) is 28.1 Å². The minimum absolute atomic E-state index is 0.193. The maximum absolute atomic E-state index is 11.0. The molecule has 2 rings (SSSR count). The van der Waals surface area contributed by atoms with Gasteiger partial charge >= 0.3 is 0 Å². The summed E-state index contributed by atoms with van der Waals surface area (Å²) in [5.74, 6) is 0. The average molecular weight is 214 g/mol. The Morgan fingerprint density at radius 3 is 3.00 bits per heavy atom. The number of aromatic nitrogens is 3. The summed E-state index contributed by atoms with van der Waals surface area (Å²) in [6.45, 7) is 0. The molecule has 2 N–H and O–H groups in total. The van der Waals surface area contributed by atoms with Crippen LogP contribution in [-0.2, 0) is 0 Å². The van der Waals surface area contributed by atoms with E-state index in [1.807, 2.05) is 0 Å². The maximum Gasteiger partial charge on any atom is 0.290 e. The molecule has 2 aromatic rings. The van der Waals surface area contributed by atoms with Crippen LogP contribution in [0.25, 0.3) is 11.0 Å². The molecular weight excluding hydrogens is 210 g/mol. The summed E-state index contributed by atoms with van der Waals surface area (Å²) >= 11 is 3.17. The van der Waals surface area contributed by atoms with Crippen molar-refractivity contribution < 1.29 is 0 Å². The van der Waals surface area contributed by atoms with Crippen LogP contribution in [0.1, 0.15) is 0 Å². The highest BCUT2D eigenvalue weighted by atomic mass is 79.9. The van der Waals surface area contributed by atoms with Crippen molar-refractivity contribution >= 4 is 27.0 Å². The van der Waals surface area contributed by atoms with Gasteiger partial charge in [0, 0.05) is 0 Å². The largest absolute Gasteiger partial charge is 0.296 e. The molecule has 0 radical (unpaired) electrons. The number of nitrogens with one attached hydrogen (secondary N) is 2. The Labute approximate surface area is 69.8 Å². The van der Waals surface area contributed by atoms with Gasteiger partial charge in [0.15, 0.2) is 5.52 Å². The molecule has 0 atom stereocenters. The van der Waals surface area contributed by atoms with Crippen LogP contribution in [0.5, 0.6) is 0 Å². The molecular formula is C6H4BrN3O. The third-order valence-electron chi connectivity index (χ3n) is 1.39. The molecule has 0 unspecified atom stereocenters. The molecule has 0 amide bonds. The fraction of sp³-hybridized carbons (Fsp3) is 0. The molecule has 0 bridgehead atoms. The number of aromatic amines is 2. The highest BCUT2D eigenvalue weighted by Gasteiger charge is 2.00. The highest BCUT2D eigenvalue weighted by Crippen LogP contribution is 2.09. The topological polar surface area (TPSA) is 61.5 Å². The number of hydrogen-bond donors (Lipinski definition) is 2. The molecule has 0 aliphatic heterocycles. The van der Waals surface area contributed by atoms with Crippen molar-refractivity contribution in [3.63, 3.8) is 0 Å². The van der Waals surface area contributed by atoms with Gasteiger partial charge in [0.25, 0.3) is 5.56 Å². The van der Waals surface area contributed by atoms with Crippen molar-refractivity contribution in [1.29, 1.82) is 0 Å². The van der Waals surface area contributed by atoms with E-state index >= 15 is 0 Å². The van der Waals surface area contributed by atoms with Gasteiger partial charge in [0.1, 0.15) is 4.60 Å². The first-order valence-electron chi connectivity index (χ1n) is 3.00. The number of rotatable bonds is 0. The zero-order valence-electron chi connectivity index (χ0n) is 5.39. The fourth-order valence-electron chi connectivity index (χ4n) is 0.893. The van der Waals surface area contributed by atoms with Crippen LogP contribution in [0.2, 0.25) is 0 Å². The van der Waals surface area contributed by atoms with E-state index in [1.54, 1.807) is 12.1 Å². The van der Waals surface area contributed by atoms with Crippen molar-refractivity contribution in [2.75, 3.05) is 0 Å². The first-order chi connectivity index (χ1) is 5.27. The standard InChI is InChI=1S/C6H4BrN3O/c7-4-2-1-3-5(8-4)6(11)10-9-3/h1-2H,(H2,9,10,11). The van der Waals surface area contributed by atoms with Crippen molar-refractivity contribution in [3.05, 3.63) is 27.1 Å². The summed E-state index contributed by atoms with van der Waals surface area (Å²) in [6, 6.07) is 3.55. The minimum Gasteiger partial charge on any atom is -0.296 e. The molecule has 2 aromatic heterocycles. The Balaban J connectivity index is 2.99. The lowest BCUT2D eigenvalue weighted by atomic mass is 10.4. The smallest absolute Gasteiger partial charge is 0.290 e. The van der Waals surface area contributed by atoms with Gasteiger partial charge in [-0.3, -0.25) is 15.0 Å². The van der Waals surface area contributed by atoms with Gasteiger partial charge in [0.05, 0.1) is 5.52 Å². The summed E-state index contributed by atoms with van der Waals surface area (Å²) in [4.78, 5) is 14.9. The molecule has 4 nitrogen and oxygen atoms in total. The van der Waals surface area contributed by atoms with Gasteiger partial charge < -0.3 is 0 Å². The van der Waals surface area contributed by atoms with Crippen molar-refractivity contribution in [2.24, 2.45) is 0 Å².